The number of fused-ring (bicyclic) bond motifs is 2. The van der Waals surface area contributed by atoms with Gasteiger partial charge in [0.25, 0.3) is 0 Å². The van der Waals surface area contributed by atoms with E-state index in [1.807, 2.05) is 0 Å². The smallest absolute Gasteiger partial charge is 0.423 e. The first kappa shape index (κ1) is 37.6. The van der Waals surface area contributed by atoms with Crippen LogP contribution in [0.5, 0.6) is 0 Å². The number of nitrogens with two attached hydrogens (primary N) is 2. The highest BCUT2D eigenvalue weighted by atomic mass is 35.5. The van der Waals surface area contributed by atoms with Crippen molar-refractivity contribution in [2.75, 3.05) is 0 Å². The molecule has 0 saturated heterocycles. The van der Waals surface area contributed by atoms with Crippen LogP contribution >= 0.6 is 34.8 Å². The number of nitrogens with zero attached hydrogens (tertiary/aromatic N) is 10. The van der Waals surface area contributed by atoms with E-state index in [2.05, 4.69) is 61.5 Å². The molecule has 0 saturated carbocycles. The van der Waals surface area contributed by atoms with Crippen molar-refractivity contribution in [1.29, 1.82) is 0 Å². The topological polar surface area (TPSA) is 237 Å². The number of rotatable bonds is 3. The summed E-state index contributed by atoms with van der Waals surface area (Å²) in [6.45, 7) is 1.17. The Hall–Kier alpha value is -4.82. The Balaban J connectivity index is 0.000000175. The molecule has 0 fully saturated rings. The lowest BCUT2D eigenvalue weighted by Gasteiger charge is -2.04. The van der Waals surface area contributed by atoms with Crippen molar-refractivity contribution in [2.24, 2.45) is 21.7 Å². The number of aldehydes is 1. The van der Waals surface area contributed by atoms with E-state index in [1.165, 1.54) is 43.5 Å². The number of hydrazine groups is 1. The molecule has 0 unspecified atom stereocenters. The summed E-state index contributed by atoms with van der Waals surface area (Å²) in [7, 11) is -1.78. The molecule has 21 heteroatoms. The van der Waals surface area contributed by atoms with E-state index in [-0.39, 0.29) is 21.3 Å². The van der Waals surface area contributed by atoms with Crippen LogP contribution in [0.3, 0.4) is 0 Å². The van der Waals surface area contributed by atoms with Crippen LogP contribution in [0.4, 0.5) is 8.78 Å². The molecule has 0 amide bonds. The molecule has 7 heterocycles. The fraction of sp³-hybridized carbons (Fsp3) is 0.0741. The molecule has 246 valence electrons. The summed E-state index contributed by atoms with van der Waals surface area (Å²) in [5.74, 6) is 6.63. The van der Waals surface area contributed by atoms with Crippen LogP contribution in [-0.2, 0) is 13.1 Å². The van der Waals surface area contributed by atoms with Gasteiger partial charge in [-0.2, -0.15) is 8.78 Å². The third-order valence-corrected chi connectivity index (χ3v) is 6.70. The van der Waals surface area contributed by atoms with Gasteiger partial charge in [0.2, 0.25) is 11.9 Å². The van der Waals surface area contributed by atoms with Gasteiger partial charge in [-0.05, 0) is 18.2 Å². The van der Waals surface area contributed by atoms with E-state index >= 15 is 0 Å². The maximum atomic E-state index is 13.5. The van der Waals surface area contributed by atoms with Crippen LogP contribution < -0.4 is 17.1 Å². The zero-order valence-electron chi connectivity index (χ0n) is 24.2. The number of hydrogen-bond donors (Lipinski definition) is 4. The van der Waals surface area contributed by atoms with Gasteiger partial charge < -0.3 is 10.0 Å². The number of halogens is 5. The number of aromatic nitrogens is 8. The molecule has 2 aliphatic rings. The quantitative estimate of drug-likeness (QED) is 0.0522. The molecule has 0 bridgehead atoms. The van der Waals surface area contributed by atoms with Gasteiger partial charge in [0.15, 0.2) is 6.29 Å². The van der Waals surface area contributed by atoms with Gasteiger partial charge in [0, 0.05) is 35.8 Å². The predicted molar refractivity (Wildman–Crippen MR) is 175 cm³/mol. The van der Waals surface area contributed by atoms with Crippen LogP contribution in [0.2, 0.25) is 15.5 Å². The Kier molecular flexibility index (Phi) is 15.0. The van der Waals surface area contributed by atoms with E-state index in [9.17, 15) is 13.6 Å². The molecule has 5 aromatic rings. The summed E-state index contributed by atoms with van der Waals surface area (Å²) >= 11 is 16.7. The van der Waals surface area contributed by atoms with E-state index in [0.29, 0.717) is 35.8 Å². The second-order valence-corrected chi connectivity index (χ2v) is 9.71. The maximum absolute atomic E-state index is 13.5. The monoisotopic (exact) mass is 716 g/mol. The minimum absolute atomic E-state index is 0.0787. The standard InChI is InChI=1S/C11H7FN4.C6H4ClN3.C5H5BFNO2.C5H2Cl2N2O.H4N2/c12-11-7(2-1-3-14-11)10-8-4-13-5-9(8)15-6-16-10;7-6-4-1-8-2-5(4)9-3-10-6;7-5-4(6(9)10)2-1-3-8-5;6-4-3(1-10)5(7)9-2-8-4;1-2/h1-4,6H,5H2;1,3H,2H2;1-3,9-10H;1-2H;1-2H2. The molecule has 5 aromatic heterocycles. The first-order chi connectivity index (χ1) is 23.2. The lowest BCUT2D eigenvalue weighted by molar-refractivity contribution is 0.112. The van der Waals surface area contributed by atoms with Gasteiger partial charge in [-0.3, -0.25) is 26.5 Å². The highest BCUT2D eigenvalue weighted by Crippen LogP contribution is 2.25. The Morgan fingerprint density at radius 3 is 1.75 bits per heavy atom. The van der Waals surface area contributed by atoms with Crippen LogP contribution in [0.25, 0.3) is 11.3 Å². The van der Waals surface area contributed by atoms with E-state index < -0.39 is 19.0 Å². The molecular weight excluding hydrogens is 696 g/mol. The summed E-state index contributed by atoms with van der Waals surface area (Å²) in [4.78, 5) is 48.2. The first-order valence-corrected chi connectivity index (χ1v) is 14.2. The van der Waals surface area contributed by atoms with Gasteiger partial charge >= 0.3 is 7.12 Å². The highest BCUT2D eigenvalue weighted by molar-refractivity contribution is 6.58. The average Bonchev–Trinajstić information content (AvgIpc) is 3.78. The molecule has 0 aromatic carbocycles. The third kappa shape index (κ3) is 10.1. The molecule has 48 heavy (non-hydrogen) atoms. The lowest BCUT2D eigenvalue weighted by Crippen LogP contribution is -2.33. The number of carbonyl (C=O) groups excluding carboxylic acids is 1. The van der Waals surface area contributed by atoms with Crippen molar-refractivity contribution in [2.45, 2.75) is 13.1 Å². The van der Waals surface area contributed by atoms with Crippen molar-refractivity contribution in [3.63, 3.8) is 0 Å². The Labute approximate surface area is 286 Å². The third-order valence-electron chi connectivity index (χ3n) is 5.79. The minimum atomic E-state index is -1.78. The highest BCUT2D eigenvalue weighted by Gasteiger charge is 2.18. The van der Waals surface area contributed by atoms with Crippen molar-refractivity contribution in [3.8, 4) is 11.3 Å². The molecular formula is C27H22BCl3F2N12O3. The molecule has 0 atom stereocenters. The van der Waals surface area contributed by atoms with E-state index in [1.54, 1.807) is 24.6 Å². The summed E-state index contributed by atoms with van der Waals surface area (Å²) in [5.41, 5.74) is 4.26. The summed E-state index contributed by atoms with van der Waals surface area (Å²) < 4.78 is 25.9. The molecule has 2 aliphatic heterocycles. The second-order valence-electron chi connectivity index (χ2n) is 8.63. The SMILES string of the molecule is Clc1ncnc2c1C=NC2.Fc1ncccc1-c1ncnc2c1C=NC2.NN.O=Cc1c(Cl)ncnc1Cl.OB(O)c1cccnc1F. The number of hydrogen-bond acceptors (Lipinski definition) is 15. The molecule has 6 N–H and O–H groups in total. The molecule has 0 aliphatic carbocycles. The Morgan fingerprint density at radius 2 is 1.23 bits per heavy atom. The fourth-order valence-corrected chi connectivity index (χ4v) is 4.23. The number of pyridine rings is 2. The molecule has 0 spiro atoms. The van der Waals surface area contributed by atoms with E-state index in [4.69, 9.17) is 44.9 Å². The molecule has 15 nitrogen and oxygen atoms in total. The van der Waals surface area contributed by atoms with Gasteiger partial charge in [-0.15, -0.1) is 0 Å². The predicted octanol–water partition coefficient (Wildman–Crippen LogP) is 1.99. The summed E-state index contributed by atoms with van der Waals surface area (Å²) in [5, 5.41) is 17.6. The van der Waals surface area contributed by atoms with E-state index in [0.717, 1.165) is 22.5 Å². The maximum Gasteiger partial charge on any atom is 0.493 e. The lowest BCUT2D eigenvalue weighted by atomic mass is 9.81. The minimum Gasteiger partial charge on any atom is -0.423 e. The number of aliphatic imine (C=N–C) groups is 2. The van der Waals surface area contributed by atoms with Crippen LogP contribution in [0.15, 0.2) is 65.6 Å². The zero-order valence-corrected chi connectivity index (χ0v) is 26.5. The molecule has 0 radical (unpaired) electrons. The summed E-state index contributed by atoms with van der Waals surface area (Å²) in [6.07, 6.45) is 10.6. The van der Waals surface area contributed by atoms with Gasteiger partial charge in [0.05, 0.1) is 46.9 Å². The Morgan fingerprint density at radius 1 is 0.708 bits per heavy atom. The normalized spacial score (nSPS) is 11.2. The van der Waals surface area contributed by atoms with Gasteiger partial charge in [-0.25, -0.2) is 39.9 Å². The van der Waals surface area contributed by atoms with Crippen molar-refractivity contribution >= 4 is 66.1 Å². The van der Waals surface area contributed by atoms with Crippen molar-refractivity contribution < 1.29 is 23.6 Å². The van der Waals surface area contributed by atoms with Gasteiger partial charge in [-0.1, -0.05) is 40.9 Å². The van der Waals surface area contributed by atoms with Gasteiger partial charge in [0.1, 0.15) is 34.4 Å². The largest absolute Gasteiger partial charge is 0.493 e. The zero-order chi connectivity index (χ0) is 35.1. The second kappa shape index (κ2) is 19.1. The first-order valence-electron chi connectivity index (χ1n) is 13.1. The van der Waals surface area contributed by atoms with Crippen LogP contribution in [-0.4, -0.2) is 75.8 Å². The van der Waals surface area contributed by atoms with Crippen molar-refractivity contribution in [1.82, 2.24) is 39.9 Å². The fourth-order valence-electron chi connectivity index (χ4n) is 3.62. The molecule has 7 rings (SSSR count). The average molecular weight is 718 g/mol. The number of carbonyl (C=O) groups is 1. The van der Waals surface area contributed by atoms with Crippen molar-refractivity contribution in [3.05, 3.63) is 111 Å². The Bertz CT molecular complexity index is 1870. The van der Waals surface area contributed by atoms with Crippen LogP contribution in [0.1, 0.15) is 32.9 Å². The van der Waals surface area contributed by atoms with Crippen LogP contribution in [0, 0.1) is 11.9 Å². The summed E-state index contributed by atoms with van der Waals surface area (Å²) in [6, 6.07) is 6.01.